The highest BCUT2D eigenvalue weighted by Gasteiger charge is 2.29. The van der Waals surface area contributed by atoms with Crippen molar-refractivity contribution < 1.29 is 23.8 Å². The van der Waals surface area contributed by atoms with Gasteiger partial charge < -0.3 is 34.2 Å². The maximum Gasteiger partial charge on any atom is 0.310 e. The van der Waals surface area contributed by atoms with Crippen LogP contribution in [0.25, 0.3) is 0 Å². The van der Waals surface area contributed by atoms with Crippen molar-refractivity contribution in [2.24, 2.45) is 11.8 Å². The van der Waals surface area contributed by atoms with Gasteiger partial charge in [0, 0.05) is 63.0 Å². The third-order valence-corrected chi connectivity index (χ3v) is 8.66. The molecule has 2 atom stereocenters. The van der Waals surface area contributed by atoms with Crippen LogP contribution in [0.5, 0.6) is 0 Å². The summed E-state index contributed by atoms with van der Waals surface area (Å²) >= 11 is 5.77. The van der Waals surface area contributed by atoms with Crippen molar-refractivity contribution in [2.45, 2.75) is 39.5 Å². The Morgan fingerprint density at radius 3 is 1.92 bits per heavy atom. The van der Waals surface area contributed by atoms with Crippen molar-refractivity contribution in [1.82, 2.24) is 19.9 Å². The lowest BCUT2D eigenvalue weighted by molar-refractivity contribution is -0.149. The summed E-state index contributed by atoms with van der Waals surface area (Å²) in [6.45, 7) is 10.9. The lowest BCUT2D eigenvalue weighted by Gasteiger charge is -2.32. The van der Waals surface area contributed by atoms with E-state index in [4.69, 9.17) is 25.8 Å². The van der Waals surface area contributed by atoms with Gasteiger partial charge >= 0.3 is 11.9 Å². The number of anilines is 5. The minimum absolute atomic E-state index is 0.0764. The Morgan fingerprint density at radius 2 is 1.35 bits per heavy atom. The Labute approximate surface area is 287 Å². The van der Waals surface area contributed by atoms with E-state index < -0.39 is 0 Å². The van der Waals surface area contributed by atoms with E-state index in [0.717, 1.165) is 82.4 Å². The van der Waals surface area contributed by atoms with Crippen molar-refractivity contribution in [3.05, 3.63) is 54.1 Å². The van der Waals surface area contributed by atoms with Crippen molar-refractivity contribution >= 4 is 52.5 Å². The summed E-state index contributed by atoms with van der Waals surface area (Å²) in [6.07, 6.45) is 7.00. The van der Waals surface area contributed by atoms with Gasteiger partial charge in [-0.05, 0) is 87.5 Å². The number of carbonyl (C=O) groups is 2. The van der Waals surface area contributed by atoms with Gasteiger partial charge in [-0.1, -0.05) is 0 Å². The fraction of sp³-hybridized carbons (Fsp3) is 0.529. The molecule has 5 heterocycles. The molecule has 0 bridgehead atoms. The quantitative estimate of drug-likeness (QED) is 0.246. The number of esters is 2. The zero-order chi connectivity index (χ0) is 33.7. The zero-order valence-electron chi connectivity index (χ0n) is 27.7. The van der Waals surface area contributed by atoms with Crippen molar-refractivity contribution in [2.75, 3.05) is 85.7 Å². The number of hydrogen-bond donors (Lipinski definition) is 1. The first-order valence-electron chi connectivity index (χ1n) is 16.8. The van der Waals surface area contributed by atoms with Gasteiger partial charge in [-0.25, -0.2) is 15.0 Å². The molecule has 48 heavy (non-hydrogen) atoms. The molecule has 0 aliphatic carbocycles. The summed E-state index contributed by atoms with van der Waals surface area (Å²) in [5.74, 6) is 1.72. The second-order valence-electron chi connectivity index (χ2n) is 11.8. The summed E-state index contributed by atoms with van der Waals surface area (Å²) in [4.78, 5) is 47.4. The van der Waals surface area contributed by atoms with E-state index in [1.165, 1.54) is 5.69 Å². The van der Waals surface area contributed by atoms with Gasteiger partial charge in [0.1, 0.15) is 11.6 Å². The van der Waals surface area contributed by atoms with Crippen LogP contribution in [0, 0.1) is 11.8 Å². The van der Waals surface area contributed by atoms with Crippen LogP contribution in [0.1, 0.15) is 39.5 Å². The number of piperidine rings is 2. The standard InChI is InChI=1S/C22H29N5O3.C12H16ClN3O2/c1-2-30-21(28)17-4-3-11-27(16-17)20-9-10-23-22(25-20)24-18-5-7-19(8-6-18)26-12-14-29-15-13-26;1-2-18-11(17)9-4-3-7-16(8-9)10-5-6-14-12(13)15-10/h5-10,17H,2-4,11-16H2,1H3,(H,23,24,25);5-6,9H,2-4,7-8H2,1H3/t17-;9-/m00/s1. The van der Waals surface area contributed by atoms with Gasteiger partial charge in [-0.15, -0.1) is 0 Å². The molecule has 3 aliphatic rings. The van der Waals surface area contributed by atoms with Gasteiger partial charge in [0.05, 0.1) is 38.3 Å². The third-order valence-electron chi connectivity index (χ3n) is 8.48. The summed E-state index contributed by atoms with van der Waals surface area (Å²) < 4.78 is 15.7. The fourth-order valence-electron chi connectivity index (χ4n) is 6.07. The Balaban J connectivity index is 0.000000214. The van der Waals surface area contributed by atoms with E-state index in [1.807, 2.05) is 32.0 Å². The number of aromatic nitrogens is 4. The number of nitrogens with zero attached hydrogens (tertiary/aromatic N) is 7. The van der Waals surface area contributed by atoms with E-state index in [9.17, 15) is 9.59 Å². The first kappa shape index (κ1) is 35.1. The summed E-state index contributed by atoms with van der Waals surface area (Å²) in [5.41, 5.74) is 2.13. The lowest BCUT2D eigenvalue weighted by Crippen LogP contribution is -2.39. The third kappa shape index (κ3) is 9.89. The van der Waals surface area contributed by atoms with Crippen LogP contribution >= 0.6 is 11.6 Å². The monoisotopic (exact) mass is 680 g/mol. The van der Waals surface area contributed by atoms with Crippen LogP contribution in [-0.4, -0.2) is 97.6 Å². The Morgan fingerprint density at radius 1 is 0.792 bits per heavy atom. The number of benzene rings is 1. The maximum absolute atomic E-state index is 12.1. The summed E-state index contributed by atoms with van der Waals surface area (Å²) in [6, 6.07) is 12.0. The minimum Gasteiger partial charge on any atom is -0.466 e. The molecular formula is C34H45ClN8O5. The predicted molar refractivity (Wildman–Crippen MR) is 185 cm³/mol. The largest absolute Gasteiger partial charge is 0.466 e. The van der Waals surface area contributed by atoms with Gasteiger partial charge in [-0.2, -0.15) is 4.98 Å². The smallest absolute Gasteiger partial charge is 0.310 e. The second kappa shape index (κ2) is 17.8. The van der Waals surface area contributed by atoms with Crippen LogP contribution in [0.3, 0.4) is 0 Å². The first-order chi connectivity index (χ1) is 23.4. The van der Waals surface area contributed by atoms with Crippen molar-refractivity contribution in [3.8, 4) is 0 Å². The highest BCUT2D eigenvalue weighted by molar-refractivity contribution is 6.28. The number of nitrogens with one attached hydrogen (secondary N) is 1. The molecule has 14 heteroatoms. The molecule has 0 radical (unpaired) electrons. The molecule has 0 unspecified atom stereocenters. The highest BCUT2D eigenvalue weighted by Crippen LogP contribution is 2.26. The Bertz CT molecular complexity index is 1480. The normalized spacial score (nSPS) is 19.5. The van der Waals surface area contributed by atoms with Crippen LogP contribution in [0.2, 0.25) is 5.28 Å². The van der Waals surface area contributed by atoms with E-state index in [2.05, 4.69) is 52.1 Å². The number of rotatable bonds is 9. The van der Waals surface area contributed by atoms with E-state index in [0.29, 0.717) is 32.3 Å². The van der Waals surface area contributed by atoms with Gasteiger partial charge in [-0.3, -0.25) is 9.59 Å². The van der Waals surface area contributed by atoms with Crippen LogP contribution in [0.15, 0.2) is 48.8 Å². The topological polar surface area (TPSA) is 135 Å². The van der Waals surface area contributed by atoms with Gasteiger partial charge in [0.2, 0.25) is 11.2 Å². The molecule has 1 aromatic carbocycles. The maximum atomic E-state index is 12.1. The van der Waals surface area contributed by atoms with Crippen LogP contribution in [-0.2, 0) is 23.8 Å². The molecule has 3 fully saturated rings. The van der Waals surface area contributed by atoms with Crippen LogP contribution < -0.4 is 20.0 Å². The molecule has 2 aromatic heterocycles. The zero-order valence-corrected chi connectivity index (χ0v) is 28.5. The Hall–Kier alpha value is -4.23. The number of hydrogen-bond acceptors (Lipinski definition) is 13. The number of halogens is 1. The molecule has 0 saturated carbocycles. The molecular weight excluding hydrogens is 636 g/mol. The molecule has 13 nitrogen and oxygen atoms in total. The summed E-state index contributed by atoms with van der Waals surface area (Å²) in [7, 11) is 0. The number of ether oxygens (including phenoxy) is 3. The Kier molecular flexibility index (Phi) is 13.0. The van der Waals surface area contributed by atoms with E-state index in [-0.39, 0.29) is 29.1 Å². The SMILES string of the molecule is CCOC(=O)[C@H]1CCCN(c2ccnc(Cl)n2)C1.CCOC(=O)[C@H]1CCCN(c2ccnc(Nc3ccc(N4CCOCC4)cc3)n2)C1. The van der Waals surface area contributed by atoms with Crippen LogP contribution in [0.4, 0.5) is 29.0 Å². The highest BCUT2D eigenvalue weighted by atomic mass is 35.5. The minimum atomic E-state index is -0.123. The number of morpholine rings is 1. The molecule has 3 saturated heterocycles. The first-order valence-corrected chi connectivity index (χ1v) is 17.2. The van der Waals surface area contributed by atoms with E-state index >= 15 is 0 Å². The molecule has 0 amide bonds. The number of carbonyl (C=O) groups excluding carboxylic acids is 2. The van der Waals surface area contributed by atoms with Crippen molar-refractivity contribution in [3.63, 3.8) is 0 Å². The predicted octanol–water partition coefficient (Wildman–Crippen LogP) is 4.75. The molecule has 0 spiro atoms. The summed E-state index contributed by atoms with van der Waals surface area (Å²) in [5, 5.41) is 3.51. The average molecular weight is 681 g/mol. The molecule has 6 rings (SSSR count). The second-order valence-corrected chi connectivity index (χ2v) is 12.1. The average Bonchev–Trinajstić information content (AvgIpc) is 3.13. The molecule has 258 valence electrons. The van der Waals surface area contributed by atoms with Gasteiger partial charge in [0.15, 0.2) is 0 Å². The lowest BCUT2D eigenvalue weighted by atomic mass is 9.98. The fourth-order valence-corrected chi connectivity index (χ4v) is 6.21. The molecule has 1 N–H and O–H groups in total. The van der Waals surface area contributed by atoms with E-state index in [1.54, 1.807) is 18.5 Å². The molecule has 3 aromatic rings. The molecule has 3 aliphatic heterocycles. The van der Waals surface area contributed by atoms with Gasteiger partial charge in [0.25, 0.3) is 0 Å². The van der Waals surface area contributed by atoms with Crippen molar-refractivity contribution in [1.29, 1.82) is 0 Å².